The van der Waals surface area contributed by atoms with Gasteiger partial charge in [0.15, 0.2) is 11.5 Å². The Bertz CT molecular complexity index is 822. The van der Waals surface area contributed by atoms with E-state index in [1.165, 1.54) is 6.92 Å². The molecular formula is C21H25ClN2O4. The summed E-state index contributed by atoms with van der Waals surface area (Å²) in [5.41, 5.74) is 1.61. The molecule has 0 saturated carbocycles. The van der Waals surface area contributed by atoms with Crippen LogP contribution in [0.3, 0.4) is 0 Å². The normalized spacial score (nSPS) is 10.3. The third-order valence-corrected chi connectivity index (χ3v) is 4.06. The summed E-state index contributed by atoms with van der Waals surface area (Å²) in [6.45, 7) is 6.32. The predicted octanol–water partition coefficient (Wildman–Crippen LogP) is 5.13. The molecule has 0 spiro atoms. The molecule has 0 bridgehead atoms. The zero-order chi connectivity index (χ0) is 20.5. The van der Waals surface area contributed by atoms with E-state index in [4.69, 9.17) is 21.1 Å². The third kappa shape index (κ3) is 6.16. The number of anilines is 2. The molecule has 0 saturated heterocycles. The van der Waals surface area contributed by atoms with Gasteiger partial charge in [0.1, 0.15) is 0 Å². The summed E-state index contributed by atoms with van der Waals surface area (Å²) in [6.07, 6.45) is 1.90. The van der Waals surface area contributed by atoms with Crippen LogP contribution in [0.4, 0.5) is 11.4 Å². The topological polar surface area (TPSA) is 76.7 Å². The second-order valence-corrected chi connectivity index (χ2v) is 6.54. The second-order valence-electron chi connectivity index (χ2n) is 6.13. The smallest absolute Gasteiger partial charge is 0.255 e. The lowest BCUT2D eigenvalue weighted by Gasteiger charge is -2.15. The molecule has 0 aliphatic carbocycles. The van der Waals surface area contributed by atoms with Crippen molar-refractivity contribution in [2.45, 2.75) is 33.6 Å². The molecule has 0 fully saturated rings. The van der Waals surface area contributed by atoms with Gasteiger partial charge >= 0.3 is 0 Å². The van der Waals surface area contributed by atoms with Gasteiger partial charge in [-0.05, 0) is 49.7 Å². The first-order valence-corrected chi connectivity index (χ1v) is 9.60. The number of ether oxygens (including phenoxy) is 2. The van der Waals surface area contributed by atoms with Gasteiger partial charge in [-0.15, -0.1) is 0 Å². The summed E-state index contributed by atoms with van der Waals surface area (Å²) in [4.78, 5) is 23.7. The Morgan fingerprint density at radius 2 is 1.64 bits per heavy atom. The van der Waals surface area contributed by atoms with Crippen LogP contribution in [0, 0.1) is 0 Å². The van der Waals surface area contributed by atoms with E-state index in [2.05, 4.69) is 17.6 Å². The summed E-state index contributed by atoms with van der Waals surface area (Å²) in [6, 6.07) is 10.0. The van der Waals surface area contributed by atoms with Crippen molar-refractivity contribution >= 4 is 34.8 Å². The molecule has 0 aliphatic heterocycles. The molecular weight excluding hydrogens is 380 g/mol. The second kappa shape index (κ2) is 10.6. The van der Waals surface area contributed by atoms with Crippen LogP contribution in [-0.4, -0.2) is 25.0 Å². The maximum Gasteiger partial charge on any atom is 0.255 e. The van der Waals surface area contributed by atoms with Crippen LogP contribution in [0.5, 0.6) is 11.5 Å². The van der Waals surface area contributed by atoms with Crippen LogP contribution in [0.2, 0.25) is 5.02 Å². The monoisotopic (exact) mass is 404 g/mol. The molecule has 150 valence electrons. The number of hydrogen-bond donors (Lipinski definition) is 2. The van der Waals surface area contributed by atoms with Crippen molar-refractivity contribution in [1.29, 1.82) is 0 Å². The number of amides is 2. The van der Waals surface area contributed by atoms with Crippen LogP contribution < -0.4 is 20.1 Å². The number of unbranched alkanes of at least 4 members (excludes halogenated alkanes) is 1. The zero-order valence-corrected chi connectivity index (χ0v) is 17.1. The van der Waals surface area contributed by atoms with Gasteiger partial charge in [0.25, 0.3) is 5.91 Å². The Kier molecular flexibility index (Phi) is 8.14. The molecule has 2 aromatic rings. The van der Waals surface area contributed by atoms with Crippen molar-refractivity contribution < 1.29 is 19.1 Å². The largest absolute Gasteiger partial charge is 0.490 e. The number of benzene rings is 2. The van der Waals surface area contributed by atoms with E-state index in [1.54, 1.807) is 36.4 Å². The van der Waals surface area contributed by atoms with E-state index < -0.39 is 0 Å². The molecule has 7 heteroatoms. The molecule has 0 aliphatic rings. The fraction of sp³-hybridized carbons (Fsp3) is 0.333. The minimum absolute atomic E-state index is 0.156. The highest BCUT2D eigenvalue weighted by atomic mass is 35.5. The number of nitrogens with one attached hydrogen (secondary N) is 2. The van der Waals surface area contributed by atoms with Crippen molar-refractivity contribution in [3.63, 3.8) is 0 Å². The van der Waals surface area contributed by atoms with Crippen LogP contribution in [0.15, 0.2) is 36.4 Å². The highest BCUT2D eigenvalue weighted by molar-refractivity contribution is 6.32. The molecule has 6 nitrogen and oxygen atoms in total. The Labute approximate surface area is 170 Å². The quantitative estimate of drug-likeness (QED) is 0.568. The van der Waals surface area contributed by atoms with Gasteiger partial charge in [0, 0.05) is 23.9 Å². The Morgan fingerprint density at radius 1 is 1.00 bits per heavy atom. The van der Waals surface area contributed by atoms with Crippen molar-refractivity contribution in [1.82, 2.24) is 0 Å². The van der Waals surface area contributed by atoms with Crippen LogP contribution >= 0.6 is 11.6 Å². The Hall–Kier alpha value is -2.73. The Balaban J connectivity index is 2.16. The lowest BCUT2D eigenvalue weighted by Crippen LogP contribution is -2.13. The first-order chi connectivity index (χ1) is 13.4. The fourth-order valence-corrected chi connectivity index (χ4v) is 2.73. The molecule has 2 rings (SSSR count). The Morgan fingerprint density at radius 3 is 2.21 bits per heavy atom. The van der Waals surface area contributed by atoms with Crippen molar-refractivity contribution in [3.05, 3.63) is 47.0 Å². The van der Waals surface area contributed by atoms with Gasteiger partial charge in [-0.1, -0.05) is 24.9 Å². The van der Waals surface area contributed by atoms with E-state index in [-0.39, 0.29) is 11.8 Å². The minimum atomic E-state index is -0.324. The SMILES string of the molecule is CCCCOc1c(Cl)cc(C(=O)Nc2ccc(NC(C)=O)cc2)cc1OCC. The standard InChI is InChI=1S/C21H25ClN2O4/c1-4-6-11-28-20-18(22)12-15(13-19(20)27-5-2)21(26)24-17-9-7-16(8-10-17)23-14(3)25/h7-10,12-13H,4-6,11H2,1-3H3,(H,23,25)(H,24,26). The van der Waals surface area contributed by atoms with Gasteiger partial charge in [-0.2, -0.15) is 0 Å². The molecule has 2 aromatic carbocycles. The summed E-state index contributed by atoms with van der Waals surface area (Å²) >= 11 is 6.34. The highest BCUT2D eigenvalue weighted by Gasteiger charge is 2.16. The molecule has 0 aromatic heterocycles. The highest BCUT2D eigenvalue weighted by Crippen LogP contribution is 2.37. The van der Waals surface area contributed by atoms with Gasteiger partial charge in [0.05, 0.1) is 18.2 Å². The van der Waals surface area contributed by atoms with Crippen molar-refractivity contribution in [2.75, 3.05) is 23.8 Å². The molecule has 0 unspecified atom stereocenters. The van der Waals surface area contributed by atoms with E-state index in [0.29, 0.717) is 46.7 Å². The first-order valence-electron chi connectivity index (χ1n) is 9.22. The average Bonchev–Trinajstić information content (AvgIpc) is 2.65. The molecule has 0 heterocycles. The summed E-state index contributed by atoms with van der Waals surface area (Å²) in [5.74, 6) is 0.414. The van der Waals surface area contributed by atoms with E-state index >= 15 is 0 Å². The van der Waals surface area contributed by atoms with E-state index in [0.717, 1.165) is 12.8 Å². The average molecular weight is 405 g/mol. The number of carbonyl (C=O) groups is 2. The number of carbonyl (C=O) groups excluding carboxylic acids is 2. The summed E-state index contributed by atoms with van der Waals surface area (Å²) < 4.78 is 11.3. The fourth-order valence-electron chi connectivity index (χ4n) is 2.46. The molecule has 0 atom stereocenters. The van der Waals surface area contributed by atoms with E-state index in [9.17, 15) is 9.59 Å². The predicted molar refractivity (Wildman–Crippen MR) is 112 cm³/mol. The minimum Gasteiger partial charge on any atom is -0.490 e. The molecule has 0 radical (unpaired) electrons. The molecule has 2 N–H and O–H groups in total. The lowest BCUT2D eigenvalue weighted by atomic mass is 10.1. The van der Waals surface area contributed by atoms with Crippen molar-refractivity contribution in [3.8, 4) is 11.5 Å². The van der Waals surface area contributed by atoms with Gasteiger partial charge in [-0.25, -0.2) is 0 Å². The van der Waals surface area contributed by atoms with Gasteiger partial charge < -0.3 is 20.1 Å². The summed E-state index contributed by atoms with van der Waals surface area (Å²) in [7, 11) is 0. The van der Waals surface area contributed by atoms with Gasteiger partial charge in [0.2, 0.25) is 5.91 Å². The van der Waals surface area contributed by atoms with Crippen molar-refractivity contribution in [2.24, 2.45) is 0 Å². The van der Waals surface area contributed by atoms with Gasteiger partial charge in [-0.3, -0.25) is 9.59 Å². The third-order valence-electron chi connectivity index (χ3n) is 3.78. The van der Waals surface area contributed by atoms with E-state index in [1.807, 2.05) is 6.92 Å². The molecule has 28 heavy (non-hydrogen) atoms. The first kappa shape index (κ1) is 21.6. The van der Waals surface area contributed by atoms with Crippen LogP contribution in [-0.2, 0) is 4.79 Å². The number of rotatable bonds is 9. The maximum atomic E-state index is 12.6. The maximum absolute atomic E-state index is 12.6. The zero-order valence-electron chi connectivity index (χ0n) is 16.3. The number of halogens is 1. The van der Waals surface area contributed by atoms with Crippen LogP contribution in [0.1, 0.15) is 44.0 Å². The van der Waals surface area contributed by atoms with Crippen LogP contribution in [0.25, 0.3) is 0 Å². The molecule has 2 amide bonds. The number of hydrogen-bond acceptors (Lipinski definition) is 4. The summed E-state index contributed by atoms with van der Waals surface area (Å²) in [5, 5.41) is 5.80. The lowest BCUT2D eigenvalue weighted by molar-refractivity contribution is -0.114.